The summed E-state index contributed by atoms with van der Waals surface area (Å²) in [6.45, 7) is 0. The fourth-order valence-electron chi connectivity index (χ4n) is 2.29. The van der Waals surface area contributed by atoms with Crippen LogP contribution in [0.2, 0.25) is 0 Å². The van der Waals surface area contributed by atoms with Gasteiger partial charge in [0.05, 0.1) is 7.11 Å². The topological polar surface area (TPSA) is 65.2 Å². The van der Waals surface area contributed by atoms with Crippen LogP contribution in [-0.2, 0) is 0 Å². The van der Waals surface area contributed by atoms with Crippen LogP contribution >= 0.6 is 27.7 Å². The van der Waals surface area contributed by atoms with E-state index in [-0.39, 0.29) is 5.78 Å². The van der Waals surface area contributed by atoms with Crippen molar-refractivity contribution >= 4 is 33.5 Å². The molecule has 0 N–H and O–H groups in total. The van der Waals surface area contributed by atoms with Crippen molar-refractivity contribution in [1.29, 1.82) is 0 Å². The van der Waals surface area contributed by atoms with Gasteiger partial charge in [0.1, 0.15) is 5.75 Å². The van der Waals surface area contributed by atoms with Crippen molar-refractivity contribution in [2.75, 3.05) is 12.9 Å². The van der Waals surface area contributed by atoms with E-state index in [2.05, 4.69) is 26.1 Å². The minimum Gasteiger partial charge on any atom is -0.497 e. The maximum atomic E-state index is 12.1. The van der Waals surface area contributed by atoms with Crippen molar-refractivity contribution in [1.82, 2.24) is 10.2 Å². The molecule has 7 heteroatoms. The Morgan fingerprint density at radius 2 is 1.85 bits per heavy atom. The highest BCUT2D eigenvalue weighted by molar-refractivity contribution is 9.10. The molecule has 134 valence electrons. The first kappa shape index (κ1) is 18.7. The molecule has 0 aliphatic carbocycles. The number of rotatable bonds is 8. The van der Waals surface area contributed by atoms with Crippen molar-refractivity contribution in [2.45, 2.75) is 18.1 Å². The number of halogens is 1. The van der Waals surface area contributed by atoms with Crippen molar-refractivity contribution in [2.24, 2.45) is 0 Å². The van der Waals surface area contributed by atoms with Gasteiger partial charge in [-0.25, -0.2) is 0 Å². The second-order valence-corrected chi connectivity index (χ2v) is 7.45. The molecule has 0 fully saturated rings. The van der Waals surface area contributed by atoms with Gasteiger partial charge < -0.3 is 9.15 Å². The third kappa shape index (κ3) is 4.95. The summed E-state index contributed by atoms with van der Waals surface area (Å²) in [5.74, 6) is 2.13. The summed E-state index contributed by atoms with van der Waals surface area (Å²) in [4.78, 5) is 12.1. The molecule has 0 aliphatic heterocycles. The van der Waals surface area contributed by atoms with Gasteiger partial charge in [-0.05, 0) is 42.8 Å². The summed E-state index contributed by atoms with van der Waals surface area (Å²) in [5, 5.41) is 8.61. The first-order chi connectivity index (χ1) is 12.7. The van der Waals surface area contributed by atoms with Gasteiger partial charge in [-0.15, -0.1) is 10.2 Å². The highest BCUT2D eigenvalue weighted by Crippen LogP contribution is 2.25. The number of Topliss-reactive ketones (excluding diaryl/α,β-unsaturated/α-hetero) is 1. The Hall–Kier alpha value is -2.12. The average molecular weight is 433 g/mol. The molecule has 0 saturated carbocycles. The molecule has 0 bridgehead atoms. The zero-order chi connectivity index (χ0) is 18.4. The Kier molecular flexibility index (Phi) is 6.46. The van der Waals surface area contributed by atoms with E-state index in [0.29, 0.717) is 17.5 Å². The molecule has 3 aromatic rings. The van der Waals surface area contributed by atoms with E-state index in [0.717, 1.165) is 33.5 Å². The molecular weight excluding hydrogens is 416 g/mol. The van der Waals surface area contributed by atoms with Gasteiger partial charge in [-0.3, -0.25) is 4.79 Å². The highest BCUT2D eigenvalue weighted by atomic mass is 79.9. The Morgan fingerprint density at radius 3 is 2.54 bits per heavy atom. The molecule has 2 aromatic carbocycles. The molecule has 0 aliphatic rings. The molecule has 0 unspecified atom stereocenters. The molecule has 26 heavy (non-hydrogen) atoms. The van der Waals surface area contributed by atoms with Crippen LogP contribution in [0.4, 0.5) is 0 Å². The predicted molar refractivity (Wildman–Crippen MR) is 105 cm³/mol. The summed E-state index contributed by atoms with van der Waals surface area (Å²) in [7, 11) is 1.62. The lowest BCUT2D eigenvalue weighted by atomic mass is 10.1. The Morgan fingerprint density at radius 1 is 1.12 bits per heavy atom. The maximum absolute atomic E-state index is 12.1. The highest BCUT2D eigenvalue weighted by Gasteiger charge is 2.10. The predicted octanol–water partition coefficient (Wildman–Crippen LogP) is 5.26. The minimum absolute atomic E-state index is 0.141. The molecule has 0 radical (unpaired) electrons. The van der Waals surface area contributed by atoms with E-state index < -0.39 is 0 Å². The van der Waals surface area contributed by atoms with Gasteiger partial charge in [0.2, 0.25) is 5.89 Å². The number of carbonyl (C=O) groups is 1. The number of thioether (sulfide) groups is 1. The van der Waals surface area contributed by atoms with Crippen LogP contribution in [0.15, 0.2) is 62.6 Å². The molecule has 1 heterocycles. The average Bonchev–Trinajstić information content (AvgIpc) is 3.14. The number of hydrogen-bond acceptors (Lipinski definition) is 6. The lowest BCUT2D eigenvalue weighted by molar-refractivity contribution is 0.0982. The Bertz CT molecular complexity index is 863. The second kappa shape index (κ2) is 9.00. The molecule has 5 nitrogen and oxygen atoms in total. The number of ketones is 1. The summed E-state index contributed by atoms with van der Waals surface area (Å²) in [6.07, 6.45) is 1.24. The maximum Gasteiger partial charge on any atom is 0.276 e. The Labute approximate surface area is 164 Å². The third-order valence-corrected chi connectivity index (χ3v) is 5.12. The molecular formula is C19H17BrN2O3S. The van der Waals surface area contributed by atoms with Gasteiger partial charge in [0.15, 0.2) is 5.78 Å². The SMILES string of the molecule is COc1ccc(-c2nnc(SCCCC(=O)c3ccc(Br)cc3)o2)cc1. The number of nitrogens with zero attached hydrogens (tertiary/aromatic N) is 2. The lowest BCUT2D eigenvalue weighted by Gasteiger charge is -2.01. The summed E-state index contributed by atoms with van der Waals surface area (Å²) >= 11 is 4.82. The number of ether oxygens (including phenoxy) is 1. The fraction of sp³-hybridized carbons (Fsp3) is 0.211. The van der Waals surface area contributed by atoms with Gasteiger partial charge in [0.25, 0.3) is 5.22 Å². The molecule has 0 amide bonds. The van der Waals surface area contributed by atoms with Crippen LogP contribution in [0.25, 0.3) is 11.5 Å². The van der Waals surface area contributed by atoms with Crippen LogP contribution < -0.4 is 4.74 Å². The second-order valence-electron chi connectivity index (χ2n) is 5.48. The standard InChI is InChI=1S/C19H17BrN2O3S/c1-24-16-10-6-14(7-11-16)18-21-22-19(25-18)26-12-2-3-17(23)13-4-8-15(20)9-5-13/h4-11H,2-3,12H2,1H3. The van der Waals surface area contributed by atoms with Crippen LogP contribution in [0.3, 0.4) is 0 Å². The monoisotopic (exact) mass is 432 g/mol. The van der Waals surface area contributed by atoms with Crippen molar-refractivity contribution < 1.29 is 13.9 Å². The van der Waals surface area contributed by atoms with Gasteiger partial charge >= 0.3 is 0 Å². The van der Waals surface area contributed by atoms with Crippen LogP contribution in [0.1, 0.15) is 23.2 Å². The minimum atomic E-state index is 0.141. The van der Waals surface area contributed by atoms with Crippen molar-refractivity contribution in [3.8, 4) is 17.2 Å². The van der Waals surface area contributed by atoms with E-state index in [9.17, 15) is 4.79 Å². The van der Waals surface area contributed by atoms with E-state index in [1.807, 2.05) is 48.5 Å². The zero-order valence-corrected chi connectivity index (χ0v) is 16.5. The summed E-state index contributed by atoms with van der Waals surface area (Å²) in [5.41, 5.74) is 1.58. The largest absolute Gasteiger partial charge is 0.497 e. The molecule has 1 aromatic heterocycles. The first-order valence-electron chi connectivity index (χ1n) is 8.05. The van der Waals surface area contributed by atoms with Gasteiger partial charge in [-0.1, -0.05) is 39.8 Å². The Balaban J connectivity index is 1.47. The molecule has 3 rings (SSSR count). The number of hydrogen-bond donors (Lipinski definition) is 0. The lowest BCUT2D eigenvalue weighted by Crippen LogP contribution is -1.99. The summed E-state index contributed by atoms with van der Waals surface area (Å²) in [6, 6.07) is 14.9. The smallest absolute Gasteiger partial charge is 0.276 e. The van der Waals surface area contributed by atoms with Crippen LogP contribution in [0.5, 0.6) is 5.75 Å². The number of benzene rings is 2. The number of methoxy groups -OCH3 is 1. The third-order valence-electron chi connectivity index (χ3n) is 3.68. The first-order valence-corrected chi connectivity index (χ1v) is 9.83. The van der Waals surface area contributed by atoms with E-state index in [4.69, 9.17) is 9.15 Å². The van der Waals surface area contributed by atoms with Gasteiger partial charge in [-0.2, -0.15) is 0 Å². The van der Waals surface area contributed by atoms with E-state index in [1.165, 1.54) is 11.8 Å². The van der Waals surface area contributed by atoms with Crippen molar-refractivity contribution in [3.63, 3.8) is 0 Å². The van der Waals surface area contributed by atoms with Crippen LogP contribution in [-0.4, -0.2) is 28.8 Å². The van der Waals surface area contributed by atoms with Gasteiger partial charge in [0, 0.05) is 27.8 Å². The zero-order valence-electron chi connectivity index (χ0n) is 14.1. The number of carbonyl (C=O) groups excluding carboxylic acids is 1. The quantitative estimate of drug-likeness (QED) is 0.274. The van der Waals surface area contributed by atoms with Crippen molar-refractivity contribution in [3.05, 3.63) is 58.6 Å². The van der Waals surface area contributed by atoms with Crippen LogP contribution in [0, 0.1) is 0 Å². The number of aromatic nitrogens is 2. The summed E-state index contributed by atoms with van der Waals surface area (Å²) < 4.78 is 11.8. The van der Waals surface area contributed by atoms with E-state index in [1.54, 1.807) is 7.11 Å². The molecule has 0 atom stereocenters. The molecule has 0 saturated heterocycles. The fourth-order valence-corrected chi connectivity index (χ4v) is 3.25. The molecule has 0 spiro atoms. The van der Waals surface area contributed by atoms with E-state index >= 15 is 0 Å². The normalized spacial score (nSPS) is 10.7.